The fourth-order valence-electron chi connectivity index (χ4n) is 4.83. The molecule has 7 heteroatoms. The Morgan fingerprint density at radius 3 is 2.94 bits per heavy atom. The average molecular weight is 454 g/mol. The zero-order valence-electron chi connectivity index (χ0n) is 17.2. The van der Waals surface area contributed by atoms with Gasteiger partial charge in [-0.2, -0.15) is 0 Å². The van der Waals surface area contributed by atoms with Gasteiger partial charge in [0.25, 0.3) is 0 Å². The van der Waals surface area contributed by atoms with Gasteiger partial charge >= 0.3 is 5.97 Å². The lowest BCUT2D eigenvalue weighted by Gasteiger charge is -2.32. The Kier molecular flexibility index (Phi) is 5.25. The molecule has 1 aliphatic carbocycles. The van der Waals surface area contributed by atoms with Crippen LogP contribution in [-0.4, -0.2) is 22.7 Å². The lowest BCUT2D eigenvalue weighted by Crippen LogP contribution is -2.34. The monoisotopic (exact) mass is 453 g/mol. The van der Waals surface area contributed by atoms with Crippen LogP contribution in [0.5, 0.6) is 11.5 Å². The summed E-state index contributed by atoms with van der Waals surface area (Å²) in [6.45, 7) is 0.324. The second-order valence-corrected chi connectivity index (χ2v) is 8.73. The summed E-state index contributed by atoms with van der Waals surface area (Å²) in [5.74, 6) is -0.168. The van der Waals surface area contributed by atoms with E-state index in [-0.39, 0.29) is 18.2 Å². The van der Waals surface area contributed by atoms with Crippen molar-refractivity contribution in [2.24, 2.45) is 0 Å². The van der Waals surface area contributed by atoms with Crippen molar-refractivity contribution in [3.8, 4) is 11.5 Å². The molecular weight excluding hydrogens is 433 g/mol. The van der Waals surface area contributed by atoms with Crippen molar-refractivity contribution in [3.63, 3.8) is 0 Å². The molecule has 0 radical (unpaired) electrons. The number of hydrogen-bond donors (Lipinski definition) is 1. The van der Waals surface area contributed by atoms with Gasteiger partial charge in [-0.1, -0.05) is 35.9 Å². The molecule has 2 atom stereocenters. The van der Waals surface area contributed by atoms with E-state index < -0.39 is 11.6 Å². The minimum absolute atomic E-state index is 0.0132. The average Bonchev–Trinajstić information content (AvgIpc) is 3.32. The molecule has 2 heterocycles. The molecule has 32 heavy (non-hydrogen) atoms. The molecular formula is C25H21ClFNO4. The van der Waals surface area contributed by atoms with Crippen LogP contribution in [0.25, 0.3) is 0 Å². The van der Waals surface area contributed by atoms with Crippen LogP contribution in [0.2, 0.25) is 5.15 Å². The lowest BCUT2D eigenvalue weighted by atomic mass is 9.88. The van der Waals surface area contributed by atoms with Crippen LogP contribution in [-0.2, 0) is 23.2 Å². The quantitative estimate of drug-likeness (QED) is 0.514. The lowest BCUT2D eigenvalue weighted by molar-refractivity contribution is -0.137. The number of carboxylic acids is 1. The van der Waals surface area contributed by atoms with E-state index in [1.165, 1.54) is 6.07 Å². The zero-order valence-corrected chi connectivity index (χ0v) is 17.9. The SMILES string of the molecule is O=C(O)CC1COc2cc(O[C@@]3(Cc4ccc(Cl)nc4)CCc4cccc(F)c43)ccc21. The van der Waals surface area contributed by atoms with Crippen molar-refractivity contribution in [2.75, 3.05) is 6.61 Å². The van der Waals surface area contributed by atoms with Gasteiger partial charge in [0.15, 0.2) is 0 Å². The summed E-state index contributed by atoms with van der Waals surface area (Å²) in [4.78, 5) is 15.3. The van der Waals surface area contributed by atoms with Gasteiger partial charge in [-0.25, -0.2) is 9.37 Å². The highest BCUT2D eigenvalue weighted by Gasteiger charge is 2.44. The molecule has 164 valence electrons. The Morgan fingerprint density at radius 1 is 1.28 bits per heavy atom. The first-order valence-electron chi connectivity index (χ1n) is 10.5. The summed E-state index contributed by atoms with van der Waals surface area (Å²) in [6, 6.07) is 14.1. The van der Waals surface area contributed by atoms with Crippen molar-refractivity contribution < 1.29 is 23.8 Å². The van der Waals surface area contributed by atoms with Gasteiger partial charge in [0.05, 0.1) is 13.0 Å². The van der Waals surface area contributed by atoms with Gasteiger partial charge in [0.2, 0.25) is 0 Å². The van der Waals surface area contributed by atoms with Crippen LogP contribution in [0.4, 0.5) is 4.39 Å². The molecule has 1 N–H and O–H groups in total. The number of carboxylic acid groups (broad SMARTS) is 1. The maximum atomic E-state index is 15.1. The van der Waals surface area contributed by atoms with Crippen molar-refractivity contribution in [1.82, 2.24) is 4.98 Å². The number of aliphatic carboxylic acids is 1. The number of pyridine rings is 1. The predicted molar refractivity (Wildman–Crippen MR) is 117 cm³/mol. The van der Waals surface area contributed by atoms with E-state index in [0.29, 0.717) is 48.1 Å². The Labute approximate surface area is 189 Å². The number of carbonyl (C=O) groups is 1. The van der Waals surface area contributed by atoms with E-state index in [4.69, 9.17) is 26.2 Å². The molecule has 0 saturated carbocycles. The number of nitrogens with zero attached hydrogens (tertiary/aromatic N) is 1. The fourth-order valence-corrected chi connectivity index (χ4v) is 4.94. The van der Waals surface area contributed by atoms with E-state index in [1.54, 1.807) is 24.4 Å². The van der Waals surface area contributed by atoms with Crippen molar-refractivity contribution in [3.05, 3.63) is 88.0 Å². The summed E-state index contributed by atoms with van der Waals surface area (Å²) in [5.41, 5.74) is 2.35. The van der Waals surface area contributed by atoms with Crippen molar-refractivity contribution in [2.45, 2.75) is 37.2 Å². The van der Waals surface area contributed by atoms with Crippen molar-refractivity contribution >= 4 is 17.6 Å². The van der Waals surface area contributed by atoms with Crippen LogP contribution in [0.15, 0.2) is 54.7 Å². The minimum Gasteiger partial charge on any atom is -0.492 e. The van der Waals surface area contributed by atoms with Gasteiger partial charge in [-0.3, -0.25) is 4.79 Å². The highest BCUT2D eigenvalue weighted by molar-refractivity contribution is 6.29. The molecule has 5 rings (SSSR count). The molecule has 0 fully saturated rings. The molecule has 1 aliphatic heterocycles. The molecule has 1 unspecified atom stereocenters. The number of aryl methyl sites for hydroxylation is 1. The zero-order chi connectivity index (χ0) is 22.3. The predicted octanol–water partition coefficient (Wildman–Crippen LogP) is 5.29. The third-order valence-electron chi connectivity index (χ3n) is 6.23. The number of halogens is 2. The maximum Gasteiger partial charge on any atom is 0.304 e. The third-order valence-corrected chi connectivity index (χ3v) is 6.45. The van der Waals surface area contributed by atoms with Gasteiger partial charge in [0, 0.05) is 35.7 Å². The van der Waals surface area contributed by atoms with E-state index in [0.717, 1.165) is 16.7 Å². The Balaban J connectivity index is 1.51. The van der Waals surface area contributed by atoms with Gasteiger partial charge in [-0.05, 0) is 42.2 Å². The van der Waals surface area contributed by atoms with Crippen LogP contribution in [0.1, 0.15) is 41.0 Å². The van der Waals surface area contributed by atoms with Crippen LogP contribution in [0.3, 0.4) is 0 Å². The summed E-state index contributed by atoms with van der Waals surface area (Å²) in [7, 11) is 0. The number of benzene rings is 2. The first-order valence-corrected chi connectivity index (χ1v) is 10.9. The van der Waals surface area contributed by atoms with E-state index >= 15 is 4.39 Å². The Morgan fingerprint density at radius 2 is 2.16 bits per heavy atom. The third kappa shape index (κ3) is 3.79. The number of fused-ring (bicyclic) bond motifs is 2. The Bertz CT molecular complexity index is 1180. The van der Waals surface area contributed by atoms with E-state index in [9.17, 15) is 4.79 Å². The highest BCUT2D eigenvalue weighted by atomic mass is 35.5. The molecule has 0 bridgehead atoms. The molecule has 2 aliphatic rings. The molecule has 1 aromatic heterocycles. The molecule has 0 spiro atoms. The van der Waals surface area contributed by atoms with Crippen LogP contribution >= 0.6 is 11.6 Å². The molecule has 0 amide bonds. The minimum atomic E-state index is -0.899. The molecule has 3 aromatic rings. The van der Waals surface area contributed by atoms with Crippen LogP contribution in [0, 0.1) is 5.82 Å². The highest BCUT2D eigenvalue weighted by Crippen LogP contribution is 2.46. The van der Waals surface area contributed by atoms with Gasteiger partial charge in [0.1, 0.15) is 28.1 Å². The summed E-state index contributed by atoms with van der Waals surface area (Å²) in [6.07, 6.45) is 3.46. The molecule has 2 aromatic carbocycles. The number of ether oxygens (including phenoxy) is 2. The van der Waals surface area contributed by atoms with Crippen LogP contribution < -0.4 is 9.47 Å². The maximum absolute atomic E-state index is 15.1. The molecule has 0 saturated heterocycles. The van der Waals surface area contributed by atoms with E-state index in [1.807, 2.05) is 24.3 Å². The van der Waals surface area contributed by atoms with Gasteiger partial charge < -0.3 is 14.6 Å². The number of hydrogen-bond acceptors (Lipinski definition) is 4. The normalized spacial score (nSPS) is 21.0. The Hall–Kier alpha value is -3.12. The second kappa shape index (κ2) is 8.10. The summed E-state index contributed by atoms with van der Waals surface area (Å²) in [5, 5.41) is 9.52. The topological polar surface area (TPSA) is 68.7 Å². The first kappa shape index (κ1) is 20.8. The smallest absolute Gasteiger partial charge is 0.304 e. The molecule has 5 nitrogen and oxygen atoms in total. The number of rotatable bonds is 6. The first-order chi connectivity index (χ1) is 15.4. The summed E-state index contributed by atoms with van der Waals surface area (Å²) < 4.78 is 27.3. The van der Waals surface area contributed by atoms with Crippen molar-refractivity contribution in [1.29, 1.82) is 0 Å². The fraction of sp³-hybridized carbons (Fsp3) is 0.280. The van der Waals surface area contributed by atoms with E-state index in [2.05, 4.69) is 4.98 Å². The number of aromatic nitrogens is 1. The van der Waals surface area contributed by atoms with Gasteiger partial charge in [-0.15, -0.1) is 0 Å². The second-order valence-electron chi connectivity index (χ2n) is 8.34. The standard InChI is InChI=1S/C25H21ClFNO4/c26-22-7-4-15(13-28-22)12-25(9-8-16-2-1-3-20(27)24(16)25)32-18-5-6-19-17(10-23(29)30)14-31-21(19)11-18/h1-7,11,13,17H,8-10,12,14H2,(H,29,30)/t17?,25-/m1/s1. The largest absolute Gasteiger partial charge is 0.492 e. The summed E-state index contributed by atoms with van der Waals surface area (Å²) >= 11 is 5.94.